The molecule has 12 nitrogen and oxygen atoms in total. The molecule has 0 aliphatic heterocycles. The van der Waals surface area contributed by atoms with Crippen LogP contribution in [0.2, 0.25) is 0 Å². The Kier molecular flexibility index (Phi) is 7.53. The van der Waals surface area contributed by atoms with Gasteiger partial charge in [-0.3, -0.25) is 10.1 Å². The smallest absolute Gasteiger partial charge is 0.162 e. The second kappa shape index (κ2) is 13.5. The van der Waals surface area contributed by atoms with E-state index in [0.29, 0.717) is 67.7 Å². The van der Waals surface area contributed by atoms with Gasteiger partial charge in [-0.05, 0) is 60.7 Å². The molecule has 12 rings (SSSR count). The quantitative estimate of drug-likeness (QED) is 0.166. The Morgan fingerprint density at radius 3 is 2.03 bits per heavy atom. The van der Waals surface area contributed by atoms with Crippen LogP contribution < -0.4 is 0 Å². The molecule has 280 valence electrons. The third kappa shape index (κ3) is 5.39. The van der Waals surface area contributed by atoms with Gasteiger partial charge in [-0.1, -0.05) is 72.8 Å². The molecular weight excluding hydrogens is 745 g/mol. The molecule has 0 fully saturated rings. The summed E-state index contributed by atoms with van der Waals surface area (Å²) in [4.78, 5) is 40.4. The maximum Gasteiger partial charge on any atom is 0.162 e. The molecule has 0 unspecified atom stereocenters. The summed E-state index contributed by atoms with van der Waals surface area (Å²) in [5, 5.41) is 19.9. The predicted molar refractivity (Wildman–Crippen MR) is 233 cm³/mol. The van der Waals surface area contributed by atoms with Gasteiger partial charge in [-0.25, -0.2) is 29.9 Å². The normalized spacial score (nSPS) is 11.7. The third-order valence-electron chi connectivity index (χ3n) is 10.8. The predicted octanol–water partition coefficient (Wildman–Crippen LogP) is 10.1. The fourth-order valence-corrected chi connectivity index (χ4v) is 8.03. The van der Waals surface area contributed by atoms with Crippen LogP contribution in [0.25, 0.3) is 123 Å². The largest absolute Gasteiger partial charge is 0.361 e. The van der Waals surface area contributed by atoms with Crippen LogP contribution in [0.1, 0.15) is 0 Å². The maximum absolute atomic E-state index is 5.63. The lowest BCUT2D eigenvalue weighted by Gasteiger charge is -2.21. The number of hydrogen-bond donors (Lipinski definition) is 2. The number of H-pyrrole nitrogens is 2. The number of fused-ring (bicyclic) bond motifs is 5. The van der Waals surface area contributed by atoms with E-state index >= 15 is 0 Å². The molecule has 0 amide bonds. The standard InChI is InChI=1S/C48H28N12/c1-4-14-30-27(11-1)21-22-37(53-30)44-42(48-51-25-28-12-2-5-15-31(28)55-48)41(38-26-50-33-17-7-8-18-34(33)54-38)47-46(56-44)39(35-19-9-23-49-35)40(36-20-10-24-52-58-36)45(57-47)43-29-13-3-6-16-32(29)59-60-43/h1-26,49H,(H,59,60). The Balaban J connectivity index is 1.33. The SMILES string of the molecule is c1cnnc(-c2c(-c3n[nH]c4ccccc34)nc3c(-c4cnc5ccccc5n4)c(-c4ncc5ccccc5n4)c(-c4ccc5ccccc5n4)nc3c2-c2ccc[nH]2)c1. The van der Waals surface area contributed by atoms with Crippen LogP contribution in [-0.2, 0) is 0 Å². The van der Waals surface area contributed by atoms with Gasteiger partial charge >= 0.3 is 0 Å². The van der Waals surface area contributed by atoms with E-state index in [9.17, 15) is 0 Å². The second-order valence-corrected chi connectivity index (χ2v) is 14.3. The van der Waals surface area contributed by atoms with Crippen LogP contribution in [-0.4, -0.2) is 60.3 Å². The average Bonchev–Trinajstić information content (AvgIpc) is 4.01. The van der Waals surface area contributed by atoms with Crippen LogP contribution in [0.5, 0.6) is 0 Å². The molecule has 60 heavy (non-hydrogen) atoms. The van der Waals surface area contributed by atoms with Gasteiger partial charge in [0.2, 0.25) is 0 Å². The van der Waals surface area contributed by atoms with Crippen LogP contribution in [0.15, 0.2) is 158 Å². The van der Waals surface area contributed by atoms with Gasteiger partial charge in [-0.15, -0.1) is 0 Å². The molecule has 2 N–H and O–H groups in total. The van der Waals surface area contributed by atoms with Crippen molar-refractivity contribution in [3.05, 3.63) is 158 Å². The number of benzene rings is 4. The van der Waals surface area contributed by atoms with Gasteiger partial charge in [0.05, 0.1) is 56.4 Å². The molecule has 0 bridgehead atoms. The lowest BCUT2D eigenvalue weighted by Crippen LogP contribution is -2.06. The molecule has 0 aliphatic carbocycles. The van der Waals surface area contributed by atoms with E-state index in [4.69, 9.17) is 40.0 Å². The average molecular weight is 773 g/mol. The second-order valence-electron chi connectivity index (χ2n) is 14.3. The van der Waals surface area contributed by atoms with Gasteiger partial charge in [-0.2, -0.15) is 15.3 Å². The van der Waals surface area contributed by atoms with Crippen molar-refractivity contribution in [3.63, 3.8) is 0 Å². The highest BCUT2D eigenvalue weighted by molar-refractivity contribution is 6.13. The van der Waals surface area contributed by atoms with Gasteiger partial charge in [0.25, 0.3) is 0 Å². The number of nitrogens with one attached hydrogen (secondary N) is 2. The zero-order valence-electron chi connectivity index (χ0n) is 31.5. The summed E-state index contributed by atoms with van der Waals surface area (Å²) in [7, 11) is 0. The zero-order chi connectivity index (χ0) is 39.6. The molecule has 0 saturated carbocycles. The fraction of sp³-hybridized carbons (Fsp3) is 0. The van der Waals surface area contributed by atoms with Crippen molar-refractivity contribution in [1.82, 2.24) is 60.3 Å². The summed E-state index contributed by atoms with van der Waals surface area (Å²) in [6.45, 7) is 0. The molecular formula is C48H28N12. The van der Waals surface area contributed by atoms with Crippen LogP contribution in [0, 0.1) is 0 Å². The molecule has 4 aromatic carbocycles. The van der Waals surface area contributed by atoms with E-state index in [-0.39, 0.29) is 0 Å². The van der Waals surface area contributed by atoms with Gasteiger partial charge in [0.15, 0.2) is 5.82 Å². The van der Waals surface area contributed by atoms with Crippen LogP contribution in [0.3, 0.4) is 0 Å². The van der Waals surface area contributed by atoms with Crippen molar-refractivity contribution in [2.45, 2.75) is 0 Å². The summed E-state index contributed by atoms with van der Waals surface area (Å²) < 4.78 is 0. The molecule has 0 aliphatic rings. The highest BCUT2D eigenvalue weighted by Crippen LogP contribution is 2.48. The van der Waals surface area contributed by atoms with Gasteiger partial charge in [0, 0.05) is 57.1 Å². The van der Waals surface area contributed by atoms with E-state index < -0.39 is 0 Å². The molecule has 0 spiro atoms. The Bertz CT molecular complexity index is 3620. The van der Waals surface area contributed by atoms with Crippen LogP contribution >= 0.6 is 0 Å². The van der Waals surface area contributed by atoms with Gasteiger partial charge < -0.3 is 4.98 Å². The topological polar surface area (TPSA) is 160 Å². The molecule has 0 atom stereocenters. The number of rotatable bonds is 6. The molecule has 8 aromatic heterocycles. The molecule has 0 saturated heterocycles. The summed E-state index contributed by atoms with van der Waals surface area (Å²) in [5.41, 5.74) is 12.1. The Morgan fingerprint density at radius 2 is 1.18 bits per heavy atom. The van der Waals surface area contributed by atoms with E-state index in [1.165, 1.54) is 0 Å². The first-order chi connectivity index (χ1) is 29.7. The van der Waals surface area contributed by atoms with Crippen molar-refractivity contribution in [2.75, 3.05) is 0 Å². The van der Waals surface area contributed by atoms with E-state index in [0.717, 1.165) is 55.0 Å². The molecule has 12 aromatic rings. The molecule has 12 heteroatoms. The van der Waals surface area contributed by atoms with E-state index in [1.54, 1.807) is 12.4 Å². The van der Waals surface area contributed by atoms with Crippen molar-refractivity contribution >= 4 is 54.8 Å². The minimum atomic E-state index is 0.436. The number of hydrogen-bond acceptors (Lipinski definition) is 10. The highest BCUT2D eigenvalue weighted by atomic mass is 15.1. The van der Waals surface area contributed by atoms with Crippen molar-refractivity contribution in [2.24, 2.45) is 0 Å². The van der Waals surface area contributed by atoms with Crippen molar-refractivity contribution in [1.29, 1.82) is 0 Å². The van der Waals surface area contributed by atoms with Crippen LogP contribution in [0.4, 0.5) is 0 Å². The number of aromatic amines is 2. The van der Waals surface area contributed by atoms with E-state index in [1.807, 2.05) is 140 Å². The summed E-state index contributed by atoms with van der Waals surface area (Å²) in [6, 6.07) is 43.6. The number of pyridine rings is 3. The minimum absolute atomic E-state index is 0.436. The first kappa shape index (κ1) is 33.5. The zero-order valence-corrected chi connectivity index (χ0v) is 31.5. The first-order valence-electron chi connectivity index (χ1n) is 19.3. The summed E-state index contributed by atoms with van der Waals surface area (Å²) >= 11 is 0. The first-order valence-corrected chi connectivity index (χ1v) is 19.3. The lowest BCUT2D eigenvalue weighted by atomic mass is 9.91. The Morgan fingerprint density at radius 1 is 0.433 bits per heavy atom. The van der Waals surface area contributed by atoms with Crippen molar-refractivity contribution in [3.8, 4) is 67.9 Å². The Hall–Kier alpha value is -8.64. The summed E-state index contributed by atoms with van der Waals surface area (Å²) in [6.07, 6.45) is 7.18. The number of aromatic nitrogens is 12. The number of para-hydroxylation sites is 5. The third-order valence-corrected chi connectivity index (χ3v) is 10.8. The monoisotopic (exact) mass is 772 g/mol. The molecule has 0 radical (unpaired) electrons. The van der Waals surface area contributed by atoms with Crippen molar-refractivity contribution < 1.29 is 0 Å². The lowest BCUT2D eigenvalue weighted by molar-refractivity contribution is 1.04. The Labute approximate surface area is 340 Å². The van der Waals surface area contributed by atoms with Gasteiger partial charge in [0.1, 0.15) is 28.1 Å². The number of nitrogens with zero attached hydrogens (tertiary/aromatic N) is 10. The highest BCUT2D eigenvalue weighted by Gasteiger charge is 2.31. The minimum Gasteiger partial charge on any atom is -0.361 e. The molecule has 8 heterocycles. The maximum atomic E-state index is 5.63. The summed E-state index contributed by atoms with van der Waals surface area (Å²) in [5.74, 6) is 0.436. The van der Waals surface area contributed by atoms with E-state index in [2.05, 4.69) is 26.3 Å². The fourth-order valence-electron chi connectivity index (χ4n) is 8.03.